The lowest BCUT2D eigenvalue weighted by Gasteiger charge is -2.20. The van der Waals surface area contributed by atoms with Crippen molar-refractivity contribution in [2.24, 2.45) is 17.1 Å². The number of nitrogens with two attached hydrogens (primary N) is 1. The van der Waals surface area contributed by atoms with Crippen molar-refractivity contribution in [1.82, 2.24) is 10.6 Å². The average Bonchev–Trinajstić information content (AvgIpc) is 2.74. The van der Waals surface area contributed by atoms with E-state index in [4.69, 9.17) is 5.73 Å². The predicted octanol–water partition coefficient (Wildman–Crippen LogP) is 0.782. The first-order valence-corrected chi connectivity index (χ1v) is 7.12. The summed E-state index contributed by atoms with van der Waals surface area (Å²) in [4.78, 5) is 23.4. The van der Waals surface area contributed by atoms with E-state index >= 15 is 0 Å². The molecular formula is C14H27N3O2. The molecule has 0 aliphatic heterocycles. The van der Waals surface area contributed by atoms with Gasteiger partial charge in [0.25, 0.3) is 0 Å². The third-order valence-corrected chi connectivity index (χ3v) is 3.63. The van der Waals surface area contributed by atoms with Crippen LogP contribution in [0.25, 0.3) is 0 Å². The number of amides is 2. The second kappa shape index (κ2) is 6.89. The summed E-state index contributed by atoms with van der Waals surface area (Å²) in [5.74, 6) is 0.383. The molecule has 0 aromatic heterocycles. The summed E-state index contributed by atoms with van der Waals surface area (Å²) < 4.78 is 0. The van der Waals surface area contributed by atoms with E-state index in [1.807, 2.05) is 20.8 Å². The fourth-order valence-corrected chi connectivity index (χ4v) is 2.34. The van der Waals surface area contributed by atoms with Gasteiger partial charge in [0, 0.05) is 24.4 Å². The van der Waals surface area contributed by atoms with Crippen molar-refractivity contribution in [2.45, 2.75) is 52.5 Å². The molecule has 0 aromatic carbocycles. The summed E-state index contributed by atoms with van der Waals surface area (Å²) in [7, 11) is 0. The molecule has 1 rings (SSSR count). The van der Waals surface area contributed by atoms with Gasteiger partial charge in [-0.3, -0.25) is 9.59 Å². The molecule has 5 heteroatoms. The van der Waals surface area contributed by atoms with Gasteiger partial charge in [-0.05, 0) is 25.3 Å². The van der Waals surface area contributed by atoms with Gasteiger partial charge in [0.1, 0.15) is 0 Å². The van der Waals surface area contributed by atoms with Crippen molar-refractivity contribution in [2.75, 3.05) is 13.1 Å². The lowest BCUT2D eigenvalue weighted by atomic mass is 9.96. The van der Waals surface area contributed by atoms with Crippen LogP contribution < -0.4 is 16.4 Å². The van der Waals surface area contributed by atoms with Crippen LogP contribution in [0.5, 0.6) is 0 Å². The van der Waals surface area contributed by atoms with Gasteiger partial charge in [-0.2, -0.15) is 0 Å². The summed E-state index contributed by atoms with van der Waals surface area (Å²) in [6, 6.07) is 0.218. The van der Waals surface area contributed by atoms with Crippen LogP contribution in [0.1, 0.15) is 46.5 Å². The molecule has 19 heavy (non-hydrogen) atoms. The molecule has 1 aliphatic carbocycles. The van der Waals surface area contributed by atoms with Gasteiger partial charge >= 0.3 is 0 Å². The molecule has 0 aromatic rings. The molecule has 4 N–H and O–H groups in total. The number of rotatable bonds is 5. The molecule has 0 saturated heterocycles. The first-order chi connectivity index (χ1) is 8.84. The SMILES string of the molecule is CC(C)(C)C(=O)NCCC(=O)NC1CCCC1CN. The first-order valence-electron chi connectivity index (χ1n) is 7.12. The lowest BCUT2D eigenvalue weighted by molar-refractivity contribution is -0.128. The zero-order chi connectivity index (χ0) is 14.5. The van der Waals surface area contributed by atoms with E-state index in [2.05, 4.69) is 10.6 Å². The maximum Gasteiger partial charge on any atom is 0.225 e. The Morgan fingerprint density at radius 3 is 2.53 bits per heavy atom. The van der Waals surface area contributed by atoms with Crippen LogP contribution in [0.3, 0.4) is 0 Å². The highest BCUT2D eigenvalue weighted by atomic mass is 16.2. The first kappa shape index (κ1) is 16.0. The van der Waals surface area contributed by atoms with E-state index < -0.39 is 5.41 Å². The van der Waals surface area contributed by atoms with E-state index in [1.165, 1.54) is 0 Å². The van der Waals surface area contributed by atoms with Gasteiger partial charge in [-0.15, -0.1) is 0 Å². The standard InChI is InChI=1S/C14H27N3O2/c1-14(2,3)13(19)16-8-7-12(18)17-11-6-4-5-10(11)9-15/h10-11H,4-9,15H2,1-3H3,(H,16,19)(H,17,18). The highest BCUT2D eigenvalue weighted by Crippen LogP contribution is 2.24. The Morgan fingerprint density at radius 2 is 1.95 bits per heavy atom. The molecule has 1 saturated carbocycles. The van der Waals surface area contributed by atoms with Crippen LogP contribution >= 0.6 is 0 Å². The molecule has 2 atom stereocenters. The third kappa shape index (κ3) is 5.19. The lowest BCUT2D eigenvalue weighted by Crippen LogP contribution is -2.42. The van der Waals surface area contributed by atoms with Crippen LogP contribution in [0.4, 0.5) is 0 Å². The maximum absolute atomic E-state index is 11.8. The minimum absolute atomic E-state index is 0.000408. The van der Waals surface area contributed by atoms with Crippen molar-refractivity contribution < 1.29 is 9.59 Å². The normalized spacial score (nSPS) is 23.2. The van der Waals surface area contributed by atoms with Crippen LogP contribution in [-0.2, 0) is 9.59 Å². The Morgan fingerprint density at radius 1 is 1.26 bits per heavy atom. The number of nitrogens with one attached hydrogen (secondary N) is 2. The van der Waals surface area contributed by atoms with Gasteiger partial charge in [0.15, 0.2) is 0 Å². The van der Waals surface area contributed by atoms with E-state index in [0.717, 1.165) is 19.3 Å². The quantitative estimate of drug-likeness (QED) is 0.689. The third-order valence-electron chi connectivity index (χ3n) is 3.63. The van der Waals surface area contributed by atoms with Crippen molar-refractivity contribution in [3.05, 3.63) is 0 Å². The van der Waals surface area contributed by atoms with E-state index in [-0.39, 0.29) is 17.9 Å². The summed E-state index contributed by atoms with van der Waals surface area (Å²) in [5.41, 5.74) is 5.27. The van der Waals surface area contributed by atoms with E-state index in [0.29, 0.717) is 25.4 Å². The minimum Gasteiger partial charge on any atom is -0.355 e. The molecular weight excluding hydrogens is 242 g/mol. The van der Waals surface area contributed by atoms with Crippen molar-refractivity contribution in [1.29, 1.82) is 0 Å². The zero-order valence-corrected chi connectivity index (χ0v) is 12.3. The van der Waals surface area contributed by atoms with Crippen molar-refractivity contribution >= 4 is 11.8 Å². The van der Waals surface area contributed by atoms with Gasteiger partial charge < -0.3 is 16.4 Å². The van der Waals surface area contributed by atoms with Crippen LogP contribution in [0.2, 0.25) is 0 Å². The molecule has 1 aliphatic rings. The van der Waals surface area contributed by atoms with E-state index in [9.17, 15) is 9.59 Å². The largest absolute Gasteiger partial charge is 0.355 e. The highest BCUT2D eigenvalue weighted by Gasteiger charge is 2.27. The molecule has 0 radical (unpaired) electrons. The molecule has 0 heterocycles. The van der Waals surface area contributed by atoms with E-state index in [1.54, 1.807) is 0 Å². The number of hydrogen-bond acceptors (Lipinski definition) is 3. The molecule has 110 valence electrons. The number of hydrogen-bond donors (Lipinski definition) is 3. The highest BCUT2D eigenvalue weighted by molar-refractivity contribution is 5.82. The summed E-state index contributed by atoms with van der Waals surface area (Å²) >= 11 is 0. The smallest absolute Gasteiger partial charge is 0.225 e. The van der Waals surface area contributed by atoms with Crippen LogP contribution in [0, 0.1) is 11.3 Å². The molecule has 2 unspecified atom stereocenters. The molecule has 0 spiro atoms. The monoisotopic (exact) mass is 269 g/mol. The molecule has 1 fully saturated rings. The minimum atomic E-state index is -0.410. The second-order valence-electron chi connectivity index (χ2n) is 6.36. The summed E-state index contributed by atoms with van der Waals surface area (Å²) in [6.07, 6.45) is 3.58. The topological polar surface area (TPSA) is 84.2 Å². The molecule has 5 nitrogen and oxygen atoms in total. The summed E-state index contributed by atoms with van der Waals surface area (Å²) in [6.45, 7) is 6.58. The Kier molecular flexibility index (Phi) is 5.79. The van der Waals surface area contributed by atoms with Crippen molar-refractivity contribution in [3.63, 3.8) is 0 Å². The second-order valence-corrected chi connectivity index (χ2v) is 6.36. The van der Waals surface area contributed by atoms with Gasteiger partial charge in [0.2, 0.25) is 11.8 Å². The number of carbonyl (C=O) groups excluding carboxylic acids is 2. The van der Waals surface area contributed by atoms with Crippen LogP contribution in [0.15, 0.2) is 0 Å². The van der Waals surface area contributed by atoms with Crippen LogP contribution in [-0.4, -0.2) is 30.9 Å². The zero-order valence-electron chi connectivity index (χ0n) is 12.3. The molecule has 2 amide bonds. The fraction of sp³-hybridized carbons (Fsp3) is 0.857. The molecule has 0 bridgehead atoms. The summed E-state index contributed by atoms with van der Waals surface area (Å²) in [5, 5.41) is 5.80. The average molecular weight is 269 g/mol. The Hall–Kier alpha value is -1.10. The predicted molar refractivity (Wildman–Crippen MR) is 75.4 cm³/mol. The fourth-order valence-electron chi connectivity index (χ4n) is 2.34. The number of carbonyl (C=O) groups is 2. The Labute approximate surface area is 115 Å². The maximum atomic E-state index is 11.8. The van der Waals surface area contributed by atoms with Gasteiger partial charge in [-0.25, -0.2) is 0 Å². The Bertz CT molecular complexity index is 323. The van der Waals surface area contributed by atoms with Crippen molar-refractivity contribution in [3.8, 4) is 0 Å². The van der Waals surface area contributed by atoms with Gasteiger partial charge in [0.05, 0.1) is 0 Å². The Balaban J connectivity index is 2.23. The van der Waals surface area contributed by atoms with Gasteiger partial charge in [-0.1, -0.05) is 27.2 Å².